The summed E-state index contributed by atoms with van der Waals surface area (Å²) in [6, 6.07) is 12.7. The van der Waals surface area contributed by atoms with Crippen LogP contribution in [0, 0.1) is 0 Å². The van der Waals surface area contributed by atoms with E-state index in [2.05, 4.69) is 10.3 Å². The second kappa shape index (κ2) is 8.88. The molecule has 0 unspecified atom stereocenters. The van der Waals surface area contributed by atoms with Gasteiger partial charge in [-0.3, -0.25) is 4.79 Å². The molecule has 0 radical (unpaired) electrons. The topological polar surface area (TPSA) is 60.5 Å². The van der Waals surface area contributed by atoms with Gasteiger partial charge in [-0.2, -0.15) is 0 Å². The molecule has 0 aliphatic rings. The molecule has 1 heterocycles. The second-order valence-corrected chi connectivity index (χ2v) is 7.02. The van der Waals surface area contributed by atoms with E-state index in [1.165, 1.54) is 7.11 Å². The third-order valence-corrected chi connectivity index (χ3v) is 5.16. The molecule has 7 heteroatoms. The molecule has 5 nitrogen and oxygen atoms in total. The Labute approximate surface area is 166 Å². The highest BCUT2D eigenvalue weighted by atomic mass is 35.5. The van der Waals surface area contributed by atoms with Gasteiger partial charge < -0.3 is 14.8 Å². The van der Waals surface area contributed by atoms with Crippen molar-refractivity contribution < 1.29 is 14.3 Å². The first-order valence-electron chi connectivity index (χ1n) is 8.31. The normalized spacial score (nSPS) is 10.5. The fraction of sp³-hybridized carbons (Fsp3) is 0.200. The number of nitrogens with zero attached hydrogens (tertiary/aromatic N) is 1. The van der Waals surface area contributed by atoms with Gasteiger partial charge in [-0.15, -0.1) is 11.3 Å². The van der Waals surface area contributed by atoms with Crippen molar-refractivity contribution in [3.63, 3.8) is 0 Å². The molecule has 3 aromatic rings. The van der Waals surface area contributed by atoms with Crippen molar-refractivity contribution in [1.82, 2.24) is 10.3 Å². The van der Waals surface area contributed by atoms with E-state index in [1.54, 1.807) is 36.6 Å². The van der Waals surface area contributed by atoms with E-state index in [0.717, 1.165) is 16.3 Å². The van der Waals surface area contributed by atoms with E-state index < -0.39 is 0 Å². The standard InChI is InChI=1S/C20H19ClN2O3S/c1-25-16-7-8-17(18(11-16)26-2)19(24)22-10-9-15-12-27-20(23-15)13-3-5-14(21)6-4-13/h3-8,11-12H,9-10H2,1-2H3,(H,22,24). The van der Waals surface area contributed by atoms with Gasteiger partial charge in [-0.25, -0.2) is 4.98 Å². The number of amides is 1. The molecule has 1 amide bonds. The number of benzene rings is 2. The lowest BCUT2D eigenvalue weighted by Gasteiger charge is -2.10. The fourth-order valence-electron chi connectivity index (χ4n) is 2.53. The van der Waals surface area contributed by atoms with Crippen molar-refractivity contribution in [3.05, 3.63) is 64.1 Å². The van der Waals surface area contributed by atoms with Crippen molar-refractivity contribution in [2.24, 2.45) is 0 Å². The Morgan fingerprint density at radius 1 is 1.15 bits per heavy atom. The Balaban J connectivity index is 1.58. The summed E-state index contributed by atoms with van der Waals surface area (Å²) in [7, 11) is 3.10. The van der Waals surface area contributed by atoms with E-state index >= 15 is 0 Å². The quantitative estimate of drug-likeness (QED) is 0.634. The first-order chi connectivity index (χ1) is 13.1. The molecule has 3 rings (SSSR count). The number of rotatable bonds is 7. The van der Waals surface area contributed by atoms with Gasteiger partial charge in [0.15, 0.2) is 0 Å². The maximum Gasteiger partial charge on any atom is 0.255 e. The first-order valence-corrected chi connectivity index (χ1v) is 9.57. The number of methoxy groups -OCH3 is 2. The average molecular weight is 403 g/mol. The van der Waals surface area contributed by atoms with Crippen molar-refractivity contribution >= 4 is 28.8 Å². The molecular formula is C20H19ClN2O3S. The molecular weight excluding hydrogens is 384 g/mol. The fourth-order valence-corrected chi connectivity index (χ4v) is 3.52. The van der Waals surface area contributed by atoms with Crippen LogP contribution < -0.4 is 14.8 Å². The van der Waals surface area contributed by atoms with Crippen LogP contribution in [0.25, 0.3) is 10.6 Å². The van der Waals surface area contributed by atoms with Crippen LogP contribution in [0.4, 0.5) is 0 Å². The smallest absolute Gasteiger partial charge is 0.255 e. The molecule has 0 aliphatic carbocycles. The third-order valence-electron chi connectivity index (χ3n) is 3.96. The first kappa shape index (κ1) is 19.2. The lowest BCUT2D eigenvalue weighted by atomic mass is 10.1. The van der Waals surface area contributed by atoms with Crippen molar-refractivity contribution in [2.75, 3.05) is 20.8 Å². The van der Waals surface area contributed by atoms with Gasteiger partial charge in [0.05, 0.1) is 25.5 Å². The Morgan fingerprint density at radius 2 is 1.93 bits per heavy atom. The minimum atomic E-state index is -0.192. The van der Waals surface area contributed by atoms with Gasteiger partial charge in [-0.05, 0) is 24.3 Å². The minimum absolute atomic E-state index is 0.192. The van der Waals surface area contributed by atoms with Gasteiger partial charge in [-0.1, -0.05) is 23.7 Å². The summed E-state index contributed by atoms with van der Waals surface area (Å²) in [6.45, 7) is 0.484. The Morgan fingerprint density at radius 3 is 2.63 bits per heavy atom. The SMILES string of the molecule is COc1ccc(C(=O)NCCc2csc(-c3ccc(Cl)cc3)n2)c(OC)c1. The zero-order valence-electron chi connectivity index (χ0n) is 15.0. The van der Waals surface area contributed by atoms with E-state index in [9.17, 15) is 4.79 Å². The molecule has 140 valence electrons. The summed E-state index contributed by atoms with van der Waals surface area (Å²) in [5.41, 5.74) is 2.44. The molecule has 0 atom stereocenters. The Kier molecular flexibility index (Phi) is 6.32. The van der Waals surface area contributed by atoms with Gasteiger partial charge >= 0.3 is 0 Å². The molecule has 1 aromatic heterocycles. The predicted molar refractivity (Wildman–Crippen MR) is 108 cm³/mol. The van der Waals surface area contributed by atoms with Crippen LogP contribution in [0.1, 0.15) is 16.1 Å². The van der Waals surface area contributed by atoms with Gasteiger partial charge in [0.1, 0.15) is 16.5 Å². The number of ether oxygens (including phenoxy) is 2. The van der Waals surface area contributed by atoms with Crippen LogP contribution in [0.15, 0.2) is 47.8 Å². The molecule has 0 bridgehead atoms. The van der Waals surface area contributed by atoms with E-state index in [0.29, 0.717) is 35.1 Å². The number of hydrogen-bond acceptors (Lipinski definition) is 5. The number of nitrogens with one attached hydrogen (secondary N) is 1. The maximum atomic E-state index is 12.4. The molecule has 2 aromatic carbocycles. The van der Waals surface area contributed by atoms with Crippen molar-refractivity contribution in [1.29, 1.82) is 0 Å². The number of hydrogen-bond donors (Lipinski definition) is 1. The largest absolute Gasteiger partial charge is 0.497 e. The molecule has 0 saturated heterocycles. The van der Waals surface area contributed by atoms with Crippen LogP contribution in [0.5, 0.6) is 11.5 Å². The molecule has 0 aliphatic heterocycles. The van der Waals surface area contributed by atoms with Crippen LogP contribution in [0.2, 0.25) is 5.02 Å². The van der Waals surface area contributed by atoms with Gasteiger partial charge in [0, 0.05) is 35.0 Å². The lowest BCUT2D eigenvalue weighted by molar-refractivity contribution is 0.0951. The summed E-state index contributed by atoms with van der Waals surface area (Å²) in [4.78, 5) is 17.0. The monoisotopic (exact) mass is 402 g/mol. The van der Waals surface area contributed by atoms with E-state index in [1.807, 2.05) is 29.6 Å². The zero-order valence-corrected chi connectivity index (χ0v) is 16.6. The molecule has 0 spiro atoms. The molecule has 0 saturated carbocycles. The Hall–Kier alpha value is -2.57. The second-order valence-electron chi connectivity index (χ2n) is 5.72. The van der Waals surface area contributed by atoms with Gasteiger partial charge in [0.2, 0.25) is 0 Å². The van der Waals surface area contributed by atoms with E-state index in [-0.39, 0.29) is 5.91 Å². The summed E-state index contributed by atoms with van der Waals surface area (Å²) in [5, 5.41) is 6.54. The molecule has 27 heavy (non-hydrogen) atoms. The maximum absolute atomic E-state index is 12.4. The van der Waals surface area contributed by atoms with Crippen molar-refractivity contribution in [2.45, 2.75) is 6.42 Å². The highest BCUT2D eigenvalue weighted by molar-refractivity contribution is 7.13. The van der Waals surface area contributed by atoms with Crippen LogP contribution >= 0.6 is 22.9 Å². The average Bonchev–Trinajstić information content (AvgIpc) is 3.16. The van der Waals surface area contributed by atoms with Gasteiger partial charge in [0.25, 0.3) is 5.91 Å². The summed E-state index contributed by atoms with van der Waals surface area (Å²) in [6.07, 6.45) is 0.647. The van der Waals surface area contributed by atoms with Crippen LogP contribution in [-0.2, 0) is 6.42 Å². The Bertz CT molecular complexity index is 925. The molecule has 0 fully saturated rings. The third kappa shape index (κ3) is 4.78. The number of thiazole rings is 1. The minimum Gasteiger partial charge on any atom is -0.497 e. The highest BCUT2D eigenvalue weighted by Crippen LogP contribution is 2.26. The summed E-state index contributed by atoms with van der Waals surface area (Å²) >= 11 is 7.49. The number of carbonyl (C=O) groups is 1. The summed E-state index contributed by atoms with van der Waals surface area (Å²) in [5.74, 6) is 0.925. The number of aromatic nitrogens is 1. The van der Waals surface area contributed by atoms with Crippen LogP contribution in [-0.4, -0.2) is 31.7 Å². The lowest BCUT2D eigenvalue weighted by Crippen LogP contribution is -2.26. The summed E-state index contributed by atoms with van der Waals surface area (Å²) < 4.78 is 10.4. The number of halogens is 1. The predicted octanol–water partition coefficient (Wildman–Crippen LogP) is 4.45. The zero-order chi connectivity index (χ0) is 19.2. The van der Waals surface area contributed by atoms with Crippen molar-refractivity contribution in [3.8, 4) is 22.1 Å². The van der Waals surface area contributed by atoms with Crippen LogP contribution in [0.3, 0.4) is 0 Å². The van der Waals surface area contributed by atoms with E-state index in [4.69, 9.17) is 21.1 Å². The molecule has 1 N–H and O–H groups in total. The highest BCUT2D eigenvalue weighted by Gasteiger charge is 2.13. The number of carbonyl (C=O) groups excluding carboxylic acids is 1.